The van der Waals surface area contributed by atoms with Crippen molar-refractivity contribution in [1.29, 1.82) is 0 Å². The van der Waals surface area contributed by atoms with Gasteiger partial charge in [0.15, 0.2) is 11.6 Å². The first-order chi connectivity index (χ1) is 14.9. The number of ketones is 3. The summed E-state index contributed by atoms with van der Waals surface area (Å²) in [6, 6.07) is 0. The molecule has 0 atom stereocenters. The molecule has 1 fully saturated rings. The number of morpholine rings is 1. The van der Waals surface area contributed by atoms with Crippen LogP contribution < -0.4 is 0 Å². The van der Waals surface area contributed by atoms with E-state index < -0.39 is 0 Å². The standard InChI is InChI=1S/C11H19NO2.C9H17NO.C5H9ClO/c1-10(2)11(13)4-3-5-12-6-8-14-9-7-12;1-8(2)9(11)6-5-7-10(3)4;1-4(2)5(7)3-6/h3-4,10H,5-9H2,1-2H3;5-6,8H,7H2,1-4H3;4H,3H2,1-2H3/b4-3+;6-5+;. The Morgan fingerprint density at radius 1 is 0.875 bits per heavy atom. The molecular formula is C25H45ClN2O4. The van der Waals surface area contributed by atoms with E-state index in [4.69, 9.17) is 16.3 Å². The molecule has 0 unspecified atom stereocenters. The van der Waals surface area contributed by atoms with Crippen LogP contribution >= 0.6 is 11.6 Å². The first kappa shape index (κ1) is 32.8. The molecule has 1 aliphatic rings. The van der Waals surface area contributed by atoms with E-state index >= 15 is 0 Å². The van der Waals surface area contributed by atoms with Crippen molar-refractivity contribution < 1.29 is 19.1 Å². The van der Waals surface area contributed by atoms with Gasteiger partial charge < -0.3 is 9.64 Å². The van der Waals surface area contributed by atoms with Crippen molar-refractivity contribution in [3.8, 4) is 0 Å². The second kappa shape index (κ2) is 20.3. The molecule has 0 N–H and O–H groups in total. The molecule has 1 rings (SSSR count). The predicted octanol–water partition coefficient (Wildman–Crippen LogP) is 3.88. The Bertz CT molecular complexity index is 578. The van der Waals surface area contributed by atoms with E-state index in [9.17, 15) is 14.4 Å². The quantitative estimate of drug-likeness (QED) is 0.355. The van der Waals surface area contributed by atoms with Crippen molar-refractivity contribution in [3.63, 3.8) is 0 Å². The van der Waals surface area contributed by atoms with E-state index in [0.717, 1.165) is 39.4 Å². The van der Waals surface area contributed by atoms with Gasteiger partial charge in [0, 0.05) is 43.9 Å². The number of allylic oxidation sites excluding steroid dienone is 2. The Morgan fingerprint density at radius 2 is 1.34 bits per heavy atom. The van der Waals surface area contributed by atoms with Gasteiger partial charge >= 0.3 is 0 Å². The number of carbonyl (C=O) groups is 3. The van der Waals surface area contributed by atoms with E-state index in [2.05, 4.69) is 4.90 Å². The van der Waals surface area contributed by atoms with Gasteiger partial charge in [-0.05, 0) is 26.2 Å². The normalized spacial score (nSPS) is 14.7. The molecule has 0 aromatic carbocycles. The first-order valence-corrected chi connectivity index (χ1v) is 11.9. The number of likely N-dealkylation sites (N-methyl/N-ethyl adjacent to an activating group) is 1. The molecule has 0 amide bonds. The van der Waals surface area contributed by atoms with Crippen molar-refractivity contribution in [3.05, 3.63) is 24.3 Å². The van der Waals surface area contributed by atoms with E-state index in [-0.39, 0.29) is 41.0 Å². The smallest absolute Gasteiger partial charge is 0.157 e. The highest BCUT2D eigenvalue weighted by Crippen LogP contribution is 1.99. The van der Waals surface area contributed by atoms with Gasteiger partial charge in [-0.1, -0.05) is 53.7 Å². The van der Waals surface area contributed by atoms with Gasteiger partial charge in [-0.25, -0.2) is 0 Å². The van der Waals surface area contributed by atoms with Crippen LogP contribution in [0.5, 0.6) is 0 Å². The molecular weight excluding hydrogens is 428 g/mol. The summed E-state index contributed by atoms with van der Waals surface area (Å²) in [5.74, 6) is 0.992. The minimum atomic E-state index is 0.0949. The first-order valence-electron chi connectivity index (χ1n) is 11.4. The number of hydrogen-bond acceptors (Lipinski definition) is 6. The zero-order valence-electron chi connectivity index (χ0n) is 21.4. The maximum atomic E-state index is 11.3. The van der Waals surface area contributed by atoms with Crippen molar-refractivity contribution in [2.75, 3.05) is 59.4 Å². The van der Waals surface area contributed by atoms with Gasteiger partial charge in [-0.15, -0.1) is 11.6 Å². The molecule has 0 radical (unpaired) electrons. The highest BCUT2D eigenvalue weighted by atomic mass is 35.5. The average Bonchev–Trinajstić information content (AvgIpc) is 2.74. The summed E-state index contributed by atoms with van der Waals surface area (Å²) in [6.07, 6.45) is 7.20. The van der Waals surface area contributed by atoms with Crippen LogP contribution in [-0.2, 0) is 19.1 Å². The third-order valence-electron chi connectivity index (χ3n) is 4.42. The Hall–Kier alpha value is -1.34. The monoisotopic (exact) mass is 472 g/mol. The maximum Gasteiger partial charge on any atom is 0.157 e. The van der Waals surface area contributed by atoms with Gasteiger partial charge in [-0.2, -0.15) is 0 Å². The Labute approximate surface area is 201 Å². The number of halogens is 1. The summed E-state index contributed by atoms with van der Waals surface area (Å²) in [5.41, 5.74) is 0. The van der Waals surface area contributed by atoms with Crippen LogP contribution in [0.15, 0.2) is 24.3 Å². The molecule has 1 aliphatic heterocycles. The summed E-state index contributed by atoms with van der Waals surface area (Å²) in [4.78, 5) is 37.0. The van der Waals surface area contributed by atoms with E-state index in [1.54, 1.807) is 12.2 Å². The van der Waals surface area contributed by atoms with Crippen molar-refractivity contribution in [2.45, 2.75) is 41.5 Å². The lowest BCUT2D eigenvalue weighted by Crippen LogP contribution is -2.36. The fourth-order valence-electron chi connectivity index (χ4n) is 2.02. The molecule has 1 heterocycles. The molecule has 7 heteroatoms. The molecule has 1 saturated heterocycles. The van der Waals surface area contributed by atoms with Crippen LogP contribution in [0.2, 0.25) is 0 Å². The summed E-state index contributed by atoms with van der Waals surface area (Å²) >= 11 is 5.20. The van der Waals surface area contributed by atoms with Crippen molar-refractivity contribution >= 4 is 29.0 Å². The molecule has 6 nitrogen and oxygen atoms in total. The minimum absolute atomic E-state index is 0.0949. The molecule has 0 aromatic rings. The number of carbonyl (C=O) groups excluding carboxylic acids is 3. The van der Waals surface area contributed by atoms with E-state index in [0.29, 0.717) is 0 Å². The van der Waals surface area contributed by atoms with Gasteiger partial charge in [-0.3, -0.25) is 19.3 Å². The number of rotatable bonds is 10. The highest BCUT2D eigenvalue weighted by Gasteiger charge is 2.08. The van der Waals surface area contributed by atoms with Gasteiger partial charge in [0.1, 0.15) is 5.78 Å². The number of Topliss-reactive ketones (excluding diaryl/α,β-unsaturated/α-hetero) is 1. The third-order valence-corrected chi connectivity index (χ3v) is 4.68. The lowest BCUT2D eigenvalue weighted by molar-refractivity contribution is -0.119. The fraction of sp³-hybridized carbons (Fsp3) is 0.720. The fourth-order valence-corrected chi connectivity index (χ4v) is 2.33. The number of alkyl halides is 1. The molecule has 0 aromatic heterocycles. The van der Waals surface area contributed by atoms with Crippen LogP contribution in [-0.4, -0.2) is 86.5 Å². The molecule has 0 bridgehead atoms. The largest absolute Gasteiger partial charge is 0.379 e. The Kier molecular flexibility index (Phi) is 20.8. The highest BCUT2D eigenvalue weighted by molar-refractivity contribution is 6.27. The summed E-state index contributed by atoms with van der Waals surface area (Å²) in [5, 5.41) is 0. The number of ether oxygens (including phenoxy) is 1. The van der Waals surface area contributed by atoms with Crippen LogP contribution in [0.25, 0.3) is 0 Å². The van der Waals surface area contributed by atoms with Crippen molar-refractivity contribution in [1.82, 2.24) is 9.80 Å². The molecule has 0 saturated carbocycles. The molecule has 32 heavy (non-hydrogen) atoms. The lowest BCUT2D eigenvalue weighted by Gasteiger charge is -2.25. The Morgan fingerprint density at radius 3 is 1.69 bits per heavy atom. The number of nitrogens with zero attached hydrogens (tertiary/aromatic N) is 2. The second-order valence-corrected chi connectivity index (χ2v) is 9.12. The zero-order valence-corrected chi connectivity index (χ0v) is 22.2. The molecule has 186 valence electrons. The third kappa shape index (κ3) is 20.6. The van der Waals surface area contributed by atoms with Crippen LogP contribution in [0, 0.1) is 17.8 Å². The minimum Gasteiger partial charge on any atom is -0.379 e. The van der Waals surface area contributed by atoms with E-state index in [1.807, 2.05) is 72.7 Å². The second-order valence-electron chi connectivity index (χ2n) is 8.85. The summed E-state index contributed by atoms with van der Waals surface area (Å²) < 4.78 is 5.23. The topological polar surface area (TPSA) is 66.9 Å². The zero-order chi connectivity index (χ0) is 25.1. The molecule has 0 aliphatic carbocycles. The van der Waals surface area contributed by atoms with Crippen LogP contribution in [0.3, 0.4) is 0 Å². The lowest BCUT2D eigenvalue weighted by atomic mass is 10.1. The predicted molar refractivity (Wildman–Crippen MR) is 134 cm³/mol. The van der Waals surface area contributed by atoms with Gasteiger partial charge in [0.2, 0.25) is 0 Å². The average molecular weight is 473 g/mol. The molecule has 0 spiro atoms. The summed E-state index contributed by atoms with van der Waals surface area (Å²) in [6.45, 7) is 16.6. The maximum absolute atomic E-state index is 11.3. The Balaban J connectivity index is 0. The SMILES string of the molecule is CC(C)C(=O)/C=C/CN(C)C.CC(C)C(=O)/C=C/CN1CCOCC1.CC(C)C(=O)CCl. The van der Waals surface area contributed by atoms with Gasteiger partial charge in [0.05, 0.1) is 19.1 Å². The van der Waals surface area contributed by atoms with Crippen LogP contribution in [0.4, 0.5) is 0 Å². The van der Waals surface area contributed by atoms with Gasteiger partial charge in [0.25, 0.3) is 0 Å². The van der Waals surface area contributed by atoms with Crippen molar-refractivity contribution in [2.24, 2.45) is 17.8 Å². The summed E-state index contributed by atoms with van der Waals surface area (Å²) in [7, 11) is 3.95. The number of hydrogen-bond donors (Lipinski definition) is 0. The van der Waals surface area contributed by atoms with E-state index in [1.165, 1.54) is 0 Å². The van der Waals surface area contributed by atoms with Crippen LogP contribution in [0.1, 0.15) is 41.5 Å².